The number of hydrogen-bond donors (Lipinski definition) is 1. The molecule has 1 N–H and O–H groups in total. The fourth-order valence-corrected chi connectivity index (χ4v) is 0.396. The van der Waals surface area contributed by atoms with Crippen molar-refractivity contribution < 1.29 is 14.7 Å². The molecule has 1 unspecified atom stereocenters. The van der Waals surface area contributed by atoms with Crippen LogP contribution in [-0.2, 0) is 9.59 Å². The second-order valence-electron chi connectivity index (χ2n) is 1.65. The fraction of sp³-hybridized carbons (Fsp3) is 0.500. The molecule has 0 aromatic heterocycles. The molecule has 7 heteroatoms. The molecule has 11 heavy (non-hydrogen) atoms. The predicted octanol–water partition coefficient (Wildman–Crippen LogP) is -0.111. The van der Waals surface area contributed by atoms with Gasteiger partial charge in [0.05, 0.1) is 6.42 Å². The third-order valence-electron chi connectivity index (χ3n) is 0.870. The van der Waals surface area contributed by atoms with Crippen LogP contribution in [0, 0.1) is 9.81 Å². The largest absolute Gasteiger partial charge is 0.481 e. The number of carboxylic acid groups (broad SMARTS) is 1. The lowest BCUT2D eigenvalue weighted by Gasteiger charge is -1.95. The van der Waals surface area contributed by atoms with Gasteiger partial charge in [0.2, 0.25) is 0 Å². The summed E-state index contributed by atoms with van der Waals surface area (Å²) in [6.45, 7) is 0. The van der Waals surface area contributed by atoms with Crippen molar-refractivity contribution in [1.82, 2.24) is 0 Å². The highest BCUT2D eigenvalue weighted by Gasteiger charge is 2.22. The Morgan fingerprint density at radius 2 is 1.91 bits per heavy atom. The van der Waals surface area contributed by atoms with Gasteiger partial charge in [-0.05, 0) is 0 Å². The monoisotopic (exact) mass is 160 g/mol. The molecule has 0 aliphatic rings. The van der Waals surface area contributed by atoms with E-state index in [9.17, 15) is 19.4 Å². The van der Waals surface area contributed by atoms with Gasteiger partial charge in [-0.25, -0.2) is 0 Å². The first kappa shape index (κ1) is 9.34. The van der Waals surface area contributed by atoms with Gasteiger partial charge >= 0.3 is 11.9 Å². The molecular weight excluding hydrogens is 156 g/mol. The number of rotatable bonds is 4. The van der Waals surface area contributed by atoms with Gasteiger partial charge in [-0.15, -0.1) is 9.81 Å². The molecule has 0 spiro atoms. The highest BCUT2D eigenvalue weighted by molar-refractivity contribution is 5.86. The lowest BCUT2D eigenvalue weighted by molar-refractivity contribution is -0.139. The minimum absolute atomic E-state index is 0.798. The molecule has 0 rings (SSSR count). The lowest BCUT2D eigenvalue weighted by atomic mass is 10.2. The summed E-state index contributed by atoms with van der Waals surface area (Å²) in [5.74, 6) is -2.74. The second-order valence-corrected chi connectivity index (χ2v) is 1.65. The molecule has 0 aliphatic carbocycles. The maximum absolute atomic E-state index is 10.2. The predicted molar refractivity (Wildman–Crippen MR) is 32.6 cm³/mol. The molecule has 1 atom stereocenters. The van der Waals surface area contributed by atoms with Crippen LogP contribution in [0.5, 0.6) is 0 Å². The number of carboxylic acids is 1. The highest BCUT2D eigenvalue weighted by atomic mass is 16.4. The lowest BCUT2D eigenvalue weighted by Crippen LogP contribution is -2.19. The molecular formula is C4H4N2O5. The van der Waals surface area contributed by atoms with E-state index >= 15 is 0 Å². The van der Waals surface area contributed by atoms with Gasteiger partial charge in [0, 0.05) is 5.18 Å². The summed E-state index contributed by atoms with van der Waals surface area (Å²) in [7, 11) is 0. The van der Waals surface area contributed by atoms with E-state index < -0.39 is 24.3 Å². The number of amides is 1. The normalized spacial score (nSPS) is 11.6. The van der Waals surface area contributed by atoms with Gasteiger partial charge in [-0.1, -0.05) is 5.18 Å². The van der Waals surface area contributed by atoms with Gasteiger partial charge in [0.15, 0.2) is 6.04 Å². The smallest absolute Gasteiger partial charge is 0.314 e. The van der Waals surface area contributed by atoms with Crippen molar-refractivity contribution in [3.05, 3.63) is 9.81 Å². The van der Waals surface area contributed by atoms with E-state index in [1.54, 1.807) is 0 Å². The third kappa shape index (κ3) is 3.14. The topological polar surface area (TPSA) is 113 Å². The van der Waals surface area contributed by atoms with Crippen molar-refractivity contribution in [3.8, 4) is 0 Å². The number of hydrogen-bond acceptors (Lipinski definition) is 5. The Labute approximate surface area is 60.3 Å². The standard InChI is InChI=1S/C4H4N2O5/c7-3(8)1-2(5-10)4(9)6-11/h2H,1H2,(H,7,8). The van der Waals surface area contributed by atoms with Crippen LogP contribution >= 0.6 is 0 Å². The number of carbonyl (C=O) groups excluding carboxylic acids is 1. The molecule has 0 saturated carbocycles. The Kier molecular flexibility index (Phi) is 3.57. The van der Waals surface area contributed by atoms with Crippen molar-refractivity contribution in [2.24, 2.45) is 10.4 Å². The van der Waals surface area contributed by atoms with E-state index in [1.165, 1.54) is 0 Å². The summed E-state index contributed by atoms with van der Waals surface area (Å²) in [5, 5.41) is 12.1. The quantitative estimate of drug-likeness (QED) is 0.576. The van der Waals surface area contributed by atoms with Crippen LogP contribution in [0.1, 0.15) is 6.42 Å². The maximum Gasteiger partial charge on any atom is 0.314 e. The molecule has 0 aromatic carbocycles. The minimum atomic E-state index is -1.69. The molecule has 60 valence electrons. The van der Waals surface area contributed by atoms with Crippen LogP contribution in [-0.4, -0.2) is 23.0 Å². The zero-order valence-corrected chi connectivity index (χ0v) is 5.26. The summed E-state index contributed by atoms with van der Waals surface area (Å²) in [5.41, 5.74) is 0. The fourth-order valence-electron chi connectivity index (χ4n) is 0.396. The highest BCUT2D eigenvalue weighted by Crippen LogP contribution is 1.99. The molecule has 0 radical (unpaired) electrons. The van der Waals surface area contributed by atoms with Crippen LogP contribution in [0.4, 0.5) is 0 Å². The van der Waals surface area contributed by atoms with Crippen LogP contribution < -0.4 is 0 Å². The summed E-state index contributed by atoms with van der Waals surface area (Å²) in [4.78, 5) is 39.3. The number of carbonyl (C=O) groups is 2. The van der Waals surface area contributed by atoms with Crippen molar-refractivity contribution in [3.63, 3.8) is 0 Å². The van der Waals surface area contributed by atoms with E-state index in [2.05, 4.69) is 5.18 Å². The summed E-state index contributed by atoms with van der Waals surface area (Å²) in [6, 6.07) is -1.69. The third-order valence-corrected chi connectivity index (χ3v) is 0.870. The summed E-state index contributed by atoms with van der Waals surface area (Å²) >= 11 is 0. The molecule has 0 heterocycles. The van der Waals surface area contributed by atoms with Crippen molar-refractivity contribution >= 4 is 11.9 Å². The van der Waals surface area contributed by atoms with Crippen LogP contribution in [0.15, 0.2) is 10.4 Å². The average Bonchev–Trinajstić information content (AvgIpc) is 1.98. The molecule has 0 aliphatic heterocycles. The number of nitrogens with zero attached hydrogens (tertiary/aromatic N) is 2. The van der Waals surface area contributed by atoms with Crippen molar-refractivity contribution in [2.45, 2.75) is 12.5 Å². The van der Waals surface area contributed by atoms with Crippen molar-refractivity contribution in [2.75, 3.05) is 0 Å². The number of nitroso groups, excluding NO2 is 2. The summed E-state index contributed by atoms with van der Waals surface area (Å²) in [6.07, 6.45) is -0.798. The van der Waals surface area contributed by atoms with Gasteiger partial charge in [-0.3, -0.25) is 9.59 Å². The van der Waals surface area contributed by atoms with E-state index in [0.29, 0.717) is 0 Å². The Morgan fingerprint density at radius 1 is 1.36 bits per heavy atom. The van der Waals surface area contributed by atoms with Gasteiger partial charge < -0.3 is 5.11 Å². The second kappa shape index (κ2) is 4.20. The van der Waals surface area contributed by atoms with Crippen LogP contribution in [0.2, 0.25) is 0 Å². The molecule has 0 aromatic rings. The first-order chi connectivity index (χ1) is 5.11. The van der Waals surface area contributed by atoms with E-state index in [-0.39, 0.29) is 0 Å². The van der Waals surface area contributed by atoms with Gasteiger partial charge in [-0.2, -0.15) is 0 Å². The average molecular weight is 160 g/mol. The maximum atomic E-state index is 10.2. The molecule has 0 bridgehead atoms. The number of aliphatic carboxylic acids is 1. The van der Waals surface area contributed by atoms with Crippen LogP contribution in [0.25, 0.3) is 0 Å². The first-order valence-corrected chi connectivity index (χ1v) is 2.53. The Hall–Kier alpha value is -1.66. The first-order valence-electron chi connectivity index (χ1n) is 2.53. The zero-order chi connectivity index (χ0) is 8.85. The van der Waals surface area contributed by atoms with E-state index in [1.807, 2.05) is 5.18 Å². The van der Waals surface area contributed by atoms with Gasteiger partial charge in [0.1, 0.15) is 0 Å². The Balaban J connectivity index is 4.16. The van der Waals surface area contributed by atoms with E-state index in [0.717, 1.165) is 0 Å². The Bertz CT molecular complexity index is 201. The molecule has 0 saturated heterocycles. The SMILES string of the molecule is O=NC(=O)C(CC(=O)O)N=O. The van der Waals surface area contributed by atoms with E-state index in [4.69, 9.17) is 5.11 Å². The molecule has 0 fully saturated rings. The van der Waals surface area contributed by atoms with Gasteiger partial charge in [0.25, 0.3) is 0 Å². The molecule has 1 amide bonds. The zero-order valence-electron chi connectivity index (χ0n) is 5.26. The Morgan fingerprint density at radius 3 is 2.18 bits per heavy atom. The molecule has 7 nitrogen and oxygen atoms in total. The van der Waals surface area contributed by atoms with Crippen LogP contribution in [0.3, 0.4) is 0 Å². The minimum Gasteiger partial charge on any atom is -0.481 e. The summed E-state index contributed by atoms with van der Waals surface area (Å²) < 4.78 is 0. The van der Waals surface area contributed by atoms with Crippen molar-refractivity contribution in [1.29, 1.82) is 0 Å².